The number of phenolic OH excluding ortho intramolecular Hbond substituents is 1. The Morgan fingerprint density at radius 1 is 1.30 bits per heavy atom. The van der Waals surface area contributed by atoms with Crippen molar-refractivity contribution in [2.24, 2.45) is 5.92 Å². The van der Waals surface area contributed by atoms with Gasteiger partial charge in [-0.2, -0.15) is 0 Å². The predicted molar refractivity (Wildman–Crippen MR) is 87.3 cm³/mol. The topological polar surface area (TPSA) is 60.9 Å². The van der Waals surface area contributed by atoms with Crippen molar-refractivity contribution in [3.05, 3.63) is 29.3 Å². The highest BCUT2D eigenvalue weighted by atomic mass is 16.3. The van der Waals surface area contributed by atoms with Gasteiger partial charge >= 0.3 is 0 Å². The second kappa shape index (κ2) is 6.22. The zero-order chi connectivity index (χ0) is 16.6. The van der Waals surface area contributed by atoms with Crippen LogP contribution in [0.3, 0.4) is 0 Å². The van der Waals surface area contributed by atoms with Crippen molar-refractivity contribution in [3.8, 4) is 5.75 Å². The molecular formula is C18H24N2O3. The van der Waals surface area contributed by atoms with Gasteiger partial charge in [-0.1, -0.05) is 13.0 Å². The molecule has 2 atom stereocenters. The molecule has 2 amide bonds. The number of aromatic hydroxyl groups is 1. The van der Waals surface area contributed by atoms with Crippen molar-refractivity contribution < 1.29 is 14.7 Å². The summed E-state index contributed by atoms with van der Waals surface area (Å²) >= 11 is 0. The van der Waals surface area contributed by atoms with Gasteiger partial charge in [0.15, 0.2) is 0 Å². The fraction of sp³-hybridized carbons (Fsp3) is 0.556. The van der Waals surface area contributed by atoms with Crippen LogP contribution < -0.4 is 0 Å². The van der Waals surface area contributed by atoms with Crippen LogP contribution in [0.15, 0.2) is 18.2 Å². The van der Waals surface area contributed by atoms with Crippen LogP contribution in [0.1, 0.15) is 42.1 Å². The number of piperidine rings is 1. The molecule has 0 unspecified atom stereocenters. The molecule has 0 aliphatic carbocycles. The summed E-state index contributed by atoms with van der Waals surface area (Å²) in [5.41, 5.74) is 1.24. The summed E-state index contributed by atoms with van der Waals surface area (Å²) in [7, 11) is 0. The van der Waals surface area contributed by atoms with Crippen LogP contribution >= 0.6 is 0 Å². The molecule has 3 saturated heterocycles. The largest absolute Gasteiger partial charge is 0.508 e. The van der Waals surface area contributed by atoms with Crippen LogP contribution in [0.4, 0.5) is 0 Å². The van der Waals surface area contributed by atoms with Crippen LogP contribution in [-0.2, 0) is 4.79 Å². The Bertz CT molecular complexity index is 629. The number of amides is 2. The third-order valence-electron chi connectivity index (χ3n) is 5.00. The van der Waals surface area contributed by atoms with E-state index >= 15 is 0 Å². The minimum Gasteiger partial charge on any atom is -0.508 e. The molecule has 2 bridgehead atoms. The van der Waals surface area contributed by atoms with E-state index in [2.05, 4.69) is 6.92 Å². The molecule has 1 aromatic rings. The number of hydrogen-bond acceptors (Lipinski definition) is 3. The molecule has 23 heavy (non-hydrogen) atoms. The van der Waals surface area contributed by atoms with E-state index in [1.165, 1.54) is 6.07 Å². The molecule has 3 fully saturated rings. The lowest BCUT2D eigenvalue weighted by molar-refractivity contribution is -0.139. The van der Waals surface area contributed by atoms with Gasteiger partial charge in [-0.05, 0) is 43.9 Å². The lowest BCUT2D eigenvalue weighted by atomic mass is 9.94. The number of carbonyl (C=O) groups is 2. The second-order valence-corrected chi connectivity index (χ2v) is 6.67. The number of rotatable bonds is 3. The monoisotopic (exact) mass is 316 g/mol. The summed E-state index contributed by atoms with van der Waals surface area (Å²) in [5.74, 6) is 0.161. The fourth-order valence-electron chi connectivity index (χ4n) is 3.67. The molecule has 4 rings (SSSR count). The lowest BCUT2D eigenvalue weighted by Gasteiger charge is -2.35. The molecule has 1 N–H and O–H groups in total. The Kier molecular flexibility index (Phi) is 4.28. The zero-order valence-electron chi connectivity index (χ0n) is 13.8. The first-order valence-electron chi connectivity index (χ1n) is 8.40. The smallest absolute Gasteiger partial charge is 0.254 e. The molecular weight excluding hydrogens is 292 g/mol. The molecule has 1 aromatic carbocycles. The van der Waals surface area contributed by atoms with Gasteiger partial charge in [0.25, 0.3) is 5.91 Å². The average Bonchev–Trinajstić information content (AvgIpc) is 2.82. The van der Waals surface area contributed by atoms with Crippen molar-refractivity contribution in [1.82, 2.24) is 9.80 Å². The van der Waals surface area contributed by atoms with Crippen molar-refractivity contribution in [3.63, 3.8) is 0 Å². The van der Waals surface area contributed by atoms with Crippen LogP contribution in [0.2, 0.25) is 0 Å². The normalized spacial score (nSPS) is 24.0. The highest BCUT2D eigenvalue weighted by molar-refractivity contribution is 5.95. The molecule has 0 aromatic heterocycles. The van der Waals surface area contributed by atoms with Crippen molar-refractivity contribution in [2.45, 2.75) is 39.2 Å². The van der Waals surface area contributed by atoms with E-state index in [9.17, 15) is 14.7 Å². The molecule has 5 heteroatoms. The number of benzene rings is 1. The third-order valence-corrected chi connectivity index (χ3v) is 5.00. The van der Waals surface area contributed by atoms with E-state index in [0.717, 1.165) is 31.4 Å². The first kappa shape index (κ1) is 15.8. The first-order chi connectivity index (χ1) is 11.0. The Morgan fingerprint density at radius 2 is 2.09 bits per heavy atom. The van der Waals surface area contributed by atoms with Crippen molar-refractivity contribution in [1.29, 1.82) is 0 Å². The van der Waals surface area contributed by atoms with Crippen LogP contribution in [0.25, 0.3) is 0 Å². The zero-order valence-corrected chi connectivity index (χ0v) is 13.8. The summed E-state index contributed by atoms with van der Waals surface area (Å²) in [5, 5.41) is 9.84. The predicted octanol–water partition coefficient (Wildman–Crippen LogP) is 2.17. The van der Waals surface area contributed by atoms with Gasteiger partial charge in [0.1, 0.15) is 5.75 Å². The van der Waals surface area contributed by atoms with Gasteiger partial charge in [0, 0.05) is 31.2 Å². The number of hydrogen-bond donors (Lipinski definition) is 1. The Balaban J connectivity index is 1.82. The van der Waals surface area contributed by atoms with Crippen LogP contribution in [0, 0.1) is 12.8 Å². The highest BCUT2D eigenvalue weighted by Gasteiger charge is 2.41. The van der Waals surface area contributed by atoms with Crippen LogP contribution in [0.5, 0.6) is 5.75 Å². The van der Waals surface area contributed by atoms with E-state index < -0.39 is 0 Å². The standard InChI is InChI=1S/C18H24N2O3/c1-3-8-20-15-7-6-14(18(20)23)10-19(11-15)17(22)13-5-4-12(2)16(21)9-13/h4-5,9,14-15,21H,3,6-8,10-11H2,1-2H3/t14-,15+/m1/s1. The average molecular weight is 316 g/mol. The molecule has 124 valence electrons. The summed E-state index contributed by atoms with van der Waals surface area (Å²) in [6.45, 7) is 5.73. The maximum atomic E-state index is 12.8. The maximum absolute atomic E-state index is 12.8. The van der Waals surface area contributed by atoms with E-state index in [0.29, 0.717) is 18.7 Å². The van der Waals surface area contributed by atoms with Crippen molar-refractivity contribution >= 4 is 11.8 Å². The number of phenols is 1. The van der Waals surface area contributed by atoms with Crippen molar-refractivity contribution in [2.75, 3.05) is 19.6 Å². The summed E-state index contributed by atoms with van der Waals surface area (Å²) < 4.78 is 0. The summed E-state index contributed by atoms with van der Waals surface area (Å²) in [6.07, 6.45) is 2.78. The molecule has 0 radical (unpaired) electrons. The number of aryl methyl sites for hydroxylation is 1. The van der Waals surface area contributed by atoms with E-state index in [-0.39, 0.29) is 29.5 Å². The molecule has 3 aliphatic rings. The minimum atomic E-state index is -0.0941. The fourth-order valence-corrected chi connectivity index (χ4v) is 3.67. The number of carbonyl (C=O) groups excluding carboxylic acids is 2. The van der Waals surface area contributed by atoms with E-state index in [1.54, 1.807) is 24.0 Å². The second-order valence-electron chi connectivity index (χ2n) is 6.67. The Labute approximate surface area is 136 Å². The van der Waals surface area contributed by atoms with Gasteiger partial charge in [0.05, 0.1) is 5.92 Å². The van der Waals surface area contributed by atoms with Gasteiger partial charge in [-0.3, -0.25) is 9.59 Å². The van der Waals surface area contributed by atoms with Gasteiger partial charge in [-0.25, -0.2) is 0 Å². The Hall–Kier alpha value is -2.04. The van der Waals surface area contributed by atoms with Gasteiger partial charge in [0.2, 0.25) is 5.91 Å². The molecule has 0 spiro atoms. The minimum absolute atomic E-state index is 0.0803. The number of nitrogens with zero attached hydrogens (tertiary/aromatic N) is 2. The molecule has 3 aliphatic heterocycles. The molecule has 0 saturated carbocycles. The summed E-state index contributed by atoms with van der Waals surface area (Å²) in [6, 6.07) is 5.15. The SMILES string of the molecule is CCCN1C(=O)[C@@H]2CC[C@H]1CN(C(=O)c1ccc(C)c(O)c1)C2. The third kappa shape index (κ3) is 2.92. The van der Waals surface area contributed by atoms with Gasteiger partial charge in [-0.15, -0.1) is 0 Å². The highest BCUT2D eigenvalue weighted by Crippen LogP contribution is 2.30. The molecule has 3 heterocycles. The first-order valence-corrected chi connectivity index (χ1v) is 8.40. The van der Waals surface area contributed by atoms with E-state index in [4.69, 9.17) is 0 Å². The quantitative estimate of drug-likeness (QED) is 0.930. The van der Waals surface area contributed by atoms with E-state index in [1.807, 2.05) is 4.90 Å². The van der Waals surface area contributed by atoms with Gasteiger partial charge < -0.3 is 14.9 Å². The Morgan fingerprint density at radius 3 is 2.78 bits per heavy atom. The maximum Gasteiger partial charge on any atom is 0.254 e. The van der Waals surface area contributed by atoms with Crippen LogP contribution in [-0.4, -0.2) is 52.4 Å². The number of fused-ring (bicyclic) bond motifs is 4. The summed E-state index contributed by atoms with van der Waals surface area (Å²) in [4.78, 5) is 29.1. The molecule has 5 nitrogen and oxygen atoms in total. The lowest BCUT2D eigenvalue weighted by Crippen LogP contribution is -2.48.